The van der Waals surface area contributed by atoms with Crippen LogP contribution in [-0.2, 0) is 9.53 Å². The van der Waals surface area contributed by atoms with Crippen LogP contribution in [0.25, 0.3) is 0 Å². The average Bonchev–Trinajstić information content (AvgIpc) is 2.76. The van der Waals surface area contributed by atoms with Crippen LogP contribution in [0.4, 0.5) is 10.5 Å². The summed E-state index contributed by atoms with van der Waals surface area (Å²) in [6.45, 7) is 9.36. The first-order chi connectivity index (χ1) is 15.5. The third-order valence-electron chi connectivity index (χ3n) is 3.84. The van der Waals surface area contributed by atoms with Crippen LogP contribution in [0.15, 0.2) is 23.3 Å². The monoisotopic (exact) mass is 463 g/mol. The molecule has 1 aromatic rings. The lowest BCUT2D eigenvalue weighted by atomic mass is 10.1. The number of amides is 1. The number of nitrogens with two attached hydrogens (primary N) is 2. The molecule has 0 bridgehead atoms. The zero-order chi connectivity index (χ0) is 25.6. The molecule has 0 fully saturated rings. The standard InChI is InChI=1S/C20H31N7O4.C2H6/c1-20(2,3)31-19(29)24-15(12-28)13-30-17-8-7-14(11-16(17)26(4)5)18(25-22)27(23)10-6-9-21;1-2/h7-8,11-12,15H,6,10,13,22-23H2,1-5H3,(H,24,29);1-2H3/b25-18-;/t15-;/m1./s1. The van der Waals surface area contributed by atoms with Gasteiger partial charge in [-0.15, -0.1) is 0 Å². The molecule has 0 heterocycles. The van der Waals surface area contributed by atoms with E-state index in [2.05, 4.69) is 10.4 Å². The summed E-state index contributed by atoms with van der Waals surface area (Å²) in [4.78, 5) is 25.1. The number of aldehydes is 1. The number of nitriles is 1. The van der Waals surface area contributed by atoms with Gasteiger partial charge in [0.15, 0.2) is 5.84 Å². The van der Waals surface area contributed by atoms with Crippen LogP contribution in [0.1, 0.15) is 46.6 Å². The van der Waals surface area contributed by atoms with Crippen LogP contribution in [0.2, 0.25) is 0 Å². The summed E-state index contributed by atoms with van der Waals surface area (Å²) >= 11 is 0. The number of rotatable bonds is 9. The van der Waals surface area contributed by atoms with Crippen LogP contribution in [0, 0.1) is 11.3 Å². The van der Waals surface area contributed by atoms with Crippen LogP contribution < -0.4 is 26.6 Å². The van der Waals surface area contributed by atoms with Gasteiger partial charge in [-0.2, -0.15) is 10.4 Å². The van der Waals surface area contributed by atoms with E-state index in [4.69, 9.17) is 26.4 Å². The van der Waals surface area contributed by atoms with Crippen LogP contribution >= 0.6 is 0 Å². The number of anilines is 1. The van der Waals surface area contributed by atoms with Crippen LogP contribution in [0.3, 0.4) is 0 Å². The van der Waals surface area contributed by atoms with Gasteiger partial charge < -0.3 is 30.3 Å². The lowest BCUT2D eigenvalue weighted by molar-refractivity contribution is -0.110. The molecule has 0 aliphatic heterocycles. The Morgan fingerprint density at radius 3 is 2.45 bits per heavy atom. The van der Waals surface area contributed by atoms with E-state index in [9.17, 15) is 9.59 Å². The number of ether oxygens (including phenoxy) is 2. The molecule has 1 rings (SSSR count). The number of hydrogen-bond acceptors (Lipinski definition) is 9. The molecule has 1 amide bonds. The Balaban J connectivity index is 0.00000497. The summed E-state index contributed by atoms with van der Waals surface area (Å²) < 4.78 is 10.9. The summed E-state index contributed by atoms with van der Waals surface area (Å²) in [6.07, 6.45) is 0.0871. The molecular weight excluding hydrogens is 426 g/mol. The normalized spacial score (nSPS) is 11.8. The van der Waals surface area contributed by atoms with Gasteiger partial charge in [0.2, 0.25) is 0 Å². The largest absolute Gasteiger partial charge is 0.489 e. The SMILES string of the molecule is CC.CN(C)c1cc(/C(=N/N)N(N)CCC#N)ccc1OC[C@@H](C=O)NC(=O)OC(C)(C)C. The highest BCUT2D eigenvalue weighted by molar-refractivity contribution is 5.99. The molecule has 0 radical (unpaired) electrons. The maximum atomic E-state index is 11.9. The maximum Gasteiger partial charge on any atom is 0.408 e. The molecule has 1 atom stereocenters. The van der Waals surface area contributed by atoms with E-state index in [1.165, 1.54) is 5.01 Å². The van der Waals surface area contributed by atoms with Crippen molar-refractivity contribution in [1.29, 1.82) is 5.26 Å². The number of nitrogens with one attached hydrogen (secondary N) is 1. The summed E-state index contributed by atoms with van der Waals surface area (Å²) in [6, 6.07) is 6.28. The van der Waals surface area contributed by atoms with Crippen molar-refractivity contribution >= 4 is 23.9 Å². The van der Waals surface area contributed by atoms with E-state index in [1.807, 2.05) is 34.0 Å². The van der Waals surface area contributed by atoms with Gasteiger partial charge in [0, 0.05) is 26.2 Å². The number of hydrogen-bond donors (Lipinski definition) is 3. The first kappa shape index (κ1) is 29.5. The molecule has 11 nitrogen and oxygen atoms in total. The van der Waals surface area contributed by atoms with Crippen molar-refractivity contribution in [3.05, 3.63) is 23.8 Å². The second-order valence-corrected chi connectivity index (χ2v) is 7.83. The molecule has 0 saturated heterocycles. The smallest absolute Gasteiger partial charge is 0.408 e. The number of carbonyl (C=O) groups excluding carboxylic acids is 2. The molecule has 1 aromatic carbocycles. The third kappa shape index (κ3) is 10.6. The van der Waals surface area contributed by atoms with Crippen molar-refractivity contribution in [3.63, 3.8) is 0 Å². The summed E-state index contributed by atoms with van der Waals surface area (Å²) in [5, 5.41) is 16.2. The highest BCUT2D eigenvalue weighted by Gasteiger charge is 2.20. The lowest BCUT2D eigenvalue weighted by Crippen LogP contribution is -2.43. The molecular formula is C22H37N7O4. The molecule has 0 unspecified atom stereocenters. The molecule has 0 saturated carbocycles. The fourth-order valence-electron chi connectivity index (χ4n) is 2.47. The predicted molar refractivity (Wildman–Crippen MR) is 129 cm³/mol. The van der Waals surface area contributed by atoms with Gasteiger partial charge in [-0.25, -0.2) is 10.6 Å². The molecule has 184 valence electrons. The van der Waals surface area contributed by atoms with Crippen molar-refractivity contribution in [1.82, 2.24) is 10.3 Å². The zero-order valence-corrected chi connectivity index (χ0v) is 20.6. The van der Waals surface area contributed by atoms with E-state index >= 15 is 0 Å². The van der Waals surface area contributed by atoms with E-state index in [-0.39, 0.29) is 19.6 Å². The Kier molecular flexibility index (Phi) is 13.0. The van der Waals surface area contributed by atoms with E-state index in [1.54, 1.807) is 43.9 Å². The number of hydrazone groups is 1. The molecule has 0 spiro atoms. The number of amidine groups is 1. The molecule has 33 heavy (non-hydrogen) atoms. The second-order valence-electron chi connectivity index (χ2n) is 7.83. The summed E-state index contributed by atoms with van der Waals surface area (Å²) in [5.74, 6) is 12.2. The van der Waals surface area contributed by atoms with Crippen molar-refractivity contribution < 1.29 is 19.1 Å². The number of nitrogens with zero attached hydrogens (tertiary/aromatic N) is 4. The number of alkyl carbamates (subject to hydrolysis) is 1. The first-order valence-electron chi connectivity index (χ1n) is 10.6. The van der Waals surface area contributed by atoms with E-state index in [0.717, 1.165) is 0 Å². The fourth-order valence-corrected chi connectivity index (χ4v) is 2.47. The quantitative estimate of drug-likeness (QED) is 0.163. The minimum Gasteiger partial charge on any atom is -0.489 e. The van der Waals surface area contributed by atoms with Crippen molar-refractivity contribution in [2.45, 2.75) is 52.7 Å². The van der Waals surface area contributed by atoms with Gasteiger partial charge in [-0.1, -0.05) is 13.8 Å². The maximum absolute atomic E-state index is 11.9. The number of benzene rings is 1. The van der Waals surface area contributed by atoms with Crippen molar-refractivity contribution in [3.8, 4) is 11.8 Å². The Labute approximate surface area is 196 Å². The Hall–Kier alpha value is -3.52. The summed E-state index contributed by atoms with van der Waals surface area (Å²) in [5.41, 5.74) is 0.616. The zero-order valence-electron chi connectivity index (χ0n) is 20.6. The molecule has 0 aliphatic rings. The molecule has 0 aromatic heterocycles. The van der Waals surface area contributed by atoms with Gasteiger partial charge in [0.1, 0.15) is 30.3 Å². The summed E-state index contributed by atoms with van der Waals surface area (Å²) in [7, 11) is 3.63. The predicted octanol–water partition coefficient (Wildman–Crippen LogP) is 1.96. The highest BCUT2D eigenvalue weighted by Crippen LogP contribution is 2.29. The number of hydrazine groups is 1. The lowest BCUT2D eigenvalue weighted by Gasteiger charge is -2.24. The fraction of sp³-hybridized carbons (Fsp3) is 0.545. The van der Waals surface area contributed by atoms with Crippen LogP contribution in [-0.4, -0.2) is 62.1 Å². The Bertz CT molecular complexity index is 829. The van der Waals surface area contributed by atoms with Gasteiger partial charge in [-0.05, 0) is 39.0 Å². The Morgan fingerprint density at radius 1 is 1.33 bits per heavy atom. The third-order valence-corrected chi connectivity index (χ3v) is 3.84. The first-order valence-corrected chi connectivity index (χ1v) is 10.6. The second kappa shape index (κ2) is 14.5. The molecule has 0 aliphatic carbocycles. The molecule has 11 heteroatoms. The van der Waals surface area contributed by atoms with Gasteiger partial charge in [0.05, 0.1) is 18.2 Å². The molecule has 5 N–H and O–H groups in total. The average molecular weight is 464 g/mol. The van der Waals surface area contributed by atoms with Crippen molar-refractivity contribution in [2.75, 3.05) is 32.1 Å². The Morgan fingerprint density at radius 2 is 1.97 bits per heavy atom. The highest BCUT2D eigenvalue weighted by atomic mass is 16.6. The topological polar surface area (TPSA) is 159 Å². The van der Waals surface area contributed by atoms with E-state index in [0.29, 0.717) is 29.1 Å². The van der Waals surface area contributed by atoms with Crippen LogP contribution in [0.5, 0.6) is 5.75 Å². The minimum absolute atomic E-state index is 0.0913. The minimum atomic E-state index is -0.892. The van der Waals surface area contributed by atoms with Gasteiger partial charge in [-0.3, -0.25) is 5.01 Å². The van der Waals surface area contributed by atoms with Gasteiger partial charge in [0.25, 0.3) is 0 Å². The van der Waals surface area contributed by atoms with Crippen molar-refractivity contribution in [2.24, 2.45) is 16.8 Å². The van der Waals surface area contributed by atoms with E-state index < -0.39 is 17.7 Å². The number of carbonyl (C=O) groups is 2. The van der Waals surface area contributed by atoms with Gasteiger partial charge >= 0.3 is 6.09 Å².